The van der Waals surface area contributed by atoms with Crippen LogP contribution in [-0.2, 0) is 16.6 Å². The molecule has 1 saturated carbocycles. The molecule has 0 aromatic heterocycles. The largest absolute Gasteiger partial charge is 0.490 e. The van der Waals surface area contributed by atoms with Crippen molar-refractivity contribution in [3.8, 4) is 5.75 Å². The number of nitrogens with zero attached hydrogens (tertiary/aromatic N) is 1. The van der Waals surface area contributed by atoms with Gasteiger partial charge in [0.25, 0.3) is 0 Å². The molecule has 0 amide bonds. The third-order valence-corrected chi connectivity index (χ3v) is 9.73. The van der Waals surface area contributed by atoms with E-state index in [1.807, 2.05) is 12.1 Å². The van der Waals surface area contributed by atoms with Gasteiger partial charge in [0.15, 0.2) is 0 Å². The molecule has 0 unspecified atom stereocenters. The highest BCUT2D eigenvalue weighted by atomic mass is 35.5. The van der Waals surface area contributed by atoms with Gasteiger partial charge in [0.05, 0.1) is 36.2 Å². The molecule has 2 fully saturated rings. The third-order valence-electron chi connectivity index (χ3n) is 9.49. The van der Waals surface area contributed by atoms with Crippen molar-refractivity contribution in [1.82, 2.24) is 0 Å². The van der Waals surface area contributed by atoms with Crippen LogP contribution in [0.25, 0.3) is 0 Å². The van der Waals surface area contributed by atoms with Gasteiger partial charge in [-0.1, -0.05) is 23.7 Å². The molecule has 202 valence electrons. The van der Waals surface area contributed by atoms with E-state index in [1.54, 1.807) is 18.2 Å². The number of ether oxygens (including phenoxy) is 2. The average Bonchev–Trinajstić information content (AvgIpc) is 3.03. The molecule has 2 aromatic rings. The summed E-state index contributed by atoms with van der Waals surface area (Å²) in [4.78, 5) is 14.3. The molecule has 2 aliphatic carbocycles. The highest BCUT2D eigenvalue weighted by molar-refractivity contribution is 6.30. The molecular formula is C31H36ClNO5. The van der Waals surface area contributed by atoms with Crippen LogP contribution in [0.3, 0.4) is 0 Å². The molecule has 7 heteroatoms. The monoisotopic (exact) mass is 537 g/mol. The predicted molar refractivity (Wildman–Crippen MR) is 148 cm³/mol. The molecule has 0 bridgehead atoms. The molecule has 1 saturated heterocycles. The zero-order chi connectivity index (χ0) is 26.5. The number of aromatic carboxylic acids is 1. The van der Waals surface area contributed by atoms with Crippen LogP contribution in [-0.4, -0.2) is 54.2 Å². The minimum absolute atomic E-state index is 0.00469. The van der Waals surface area contributed by atoms with Gasteiger partial charge in [-0.05, 0) is 85.4 Å². The lowest BCUT2D eigenvalue weighted by Gasteiger charge is -2.48. The molecule has 6 nitrogen and oxygen atoms in total. The summed E-state index contributed by atoms with van der Waals surface area (Å²) in [6, 6.07) is 11.4. The maximum absolute atomic E-state index is 11.9. The Morgan fingerprint density at radius 3 is 2.84 bits per heavy atom. The number of carboxylic acid groups (broad SMARTS) is 1. The molecular weight excluding hydrogens is 502 g/mol. The van der Waals surface area contributed by atoms with Gasteiger partial charge in [0.1, 0.15) is 5.75 Å². The summed E-state index contributed by atoms with van der Waals surface area (Å²) < 4.78 is 12.6. The lowest BCUT2D eigenvalue weighted by molar-refractivity contribution is -0.125. The molecule has 0 radical (unpaired) electrons. The van der Waals surface area contributed by atoms with E-state index in [0.717, 1.165) is 61.7 Å². The van der Waals surface area contributed by atoms with E-state index >= 15 is 0 Å². The van der Waals surface area contributed by atoms with Crippen LogP contribution in [0.2, 0.25) is 5.02 Å². The number of anilines is 1. The fraction of sp³-hybridized carbons (Fsp3) is 0.516. The summed E-state index contributed by atoms with van der Waals surface area (Å²) >= 11 is 6.37. The summed E-state index contributed by atoms with van der Waals surface area (Å²) in [6.45, 7) is 6.49. The molecule has 1 spiro atoms. The number of carboxylic acids is 1. The molecule has 2 aromatic carbocycles. The Balaban J connectivity index is 1.33. The molecule has 5 atom stereocenters. The van der Waals surface area contributed by atoms with E-state index in [1.165, 1.54) is 11.1 Å². The highest BCUT2D eigenvalue weighted by Gasteiger charge is 2.46. The number of fused-ring (bicyclic) bond motifs is 3. The first-order valence-electron chi connectivity index (χ1n) is 13.8. The first kappa shape index (κ1) is 25.7. The van der Waals surface area contributed by atoms with Crippen LogP contribution in [0, 0.1) is 11.8 Å². The fourth-order valence-corrected chi connectivity index (χ4v) is 7.39. The average molecular weight is 538 g/mol. The van der Waals surface area contributed by atoms with Crippen molar-refractivity contribution in [3.05, 3.63) is 70.8 Å². The molecule has 2 heterocycles. The number of aliphatic hydroxyl groups is 1. The standard InChI is InChI=1S/C31H36ClNO5/c1-2-31(36)12-13-37-28(16-31)24-8-5-22(24)17-33-18-30(11-3-4-20-14-23(32)7-9-25(20)30)19-38-27-10-6-21(29(34)35)15-26(27)33/h2,6-7,9-10,14-15,22,24,28,36H,1,3-5,8,11-13,16-19H2,(H,34,35)/t22-,24+,28-,30-,31+/m0/s1. The first-order valence-corrected chi connectivity index (χ1v) is 14.2. The van der Waals surface area contributed by atoms with E-state index in [4.69, 9.17) is 21.1 Å². The predicted octanol–water partition coefficient (Wildman–Crippen LogP) is 5.63. The third kappa shape index (κ3) is 4.61. The van der Waals surface area contributed by atoms with E-state index in [-0.39, 0.29) is 17.1 Å². The lowest BCUT2D eigenvalue weighted by Crippen LogP contribution is -2.52. The normalized spacial score (nSPS) is 32.4. The minimum Gasteiger partial charge on any atom is -0.490 e. The summed E-state index contributed by atoms with van der Waals surface area (Å²) in [5.41, 5.74) is 2.62. The number of benzene rings is 2. The Kier molecular flexibility index (Phi) is 6.69. The van der Waals surface area contributed by atoms with Gasteiger partial charge in [-0.15, -0.1) is 6.58 Å². The summed E-state index contributed by atoms with van der Waals surface area (Å²) in [5.74, 6) is 0.534. The maximum atomic E-state index is 11.9. The Bertz CT molecular complexity index is 1250. The van der Waals surface area contributed by atoms with Gasteiger partial charge in [0, 0.05) is 36.4 Å². The number of rotatable bonds is 5. The smallest absolute Gasteiger partial charge is 0.335 e. The van der Waals surface area contributed by atoms with Gasteiger partial charge in [-0.3, -0.25) is 0 Å². The summed E-state index contributed by atoms with van der Waals surface area (Å²) in [6.07, 6.45) is 8.07. The van der Waals surface area contributed by atoms with Crippen molar-refractivity contribution in [3.63, 3.8) is 0 Å². The van der Waals surface area contributed by atoms with Gasteiger partial charge < -0.3 is 24.6 Å². The van der Waals surface area contributed by atoms with Gasteiger partial charge in [-0.25, -0.2) is 4.79 Å². The Labute approximate surface area is 229 Å². The molecule has 38 heavy (non-hydrogen) atoms. The zero-order valence-corrected chi connectivity index (χ0v) is 22.5. The van der Waals surface area contributed by atoms with Crippen molar-refractivity contribution in [2.75, 3.05) is 31.2 Å². The van der Waals surface area contributed by atoms with Gasteiger partial charge >= 0.3 is 5.97 Å². The topological polar surface area (TPSA) is 79.2 Å². The van der Waals surface area contributed by atoms with Gasteiger partial charge in [-0.2, -0.15) is 0 Å². The number of aryl methyl sites for hydroxylation is 1. The Morgan fingerprint density at radius 1 is 1.21 bits per heavy atom. The zero-order valence-electron chi connectivity index (χ0n) is 21.7. The maximum Gasteiger partial charge on any atom is 0.335 e. The van der Waals surface area contributed by atoms with Crippen molar-refractivity contribution in [2.45, 2.75) is 62.1 Å². The Hall–Kier alpha value is -2.54. The minimum atomic E-state index is -0.940. The second-order valence-corrected chi connectivity index (χ2v) is 12.2. The van der Waals surface area contributed by atoms with Crippen molar-refractivity contribution < 1.29 is 24.5 Å². The van der Waals surface area contributed by atoms with Crippen LogP contribution in [0.1, 0.15) is 60.0 Å². The van der Waals surface area contributed by atoms with E-state index in [9.17, 15) is 15.0 Å². The van der Waals surface area contributed by atoms with Crippen molar-refractivity contribution >= 4 is 23.3 Å². The quantitative estimate of drug-likeness (QED) is 0.481. The van der Waals surface area contributed by atoms with Gasteiger partial charge in [0.2, 0.25) is 0 Å². The second-order valence-electron chi connectivity index (χ2n) is 11.8. The van der Waals surface area contributed by atoms with E-state index in [2.05, 4.69) is 23.6 Å². The Morgan fingerprint density at radius 2 is 2.08 bits per heavy atom. The lowest BCUT2D eigenvalue weighted by atomic mass is 9.67. The molecule has 2 N–H and O–H groups in total. The van der Waals surface area contributed by atoms with Crippen molar-refractivity contribution in [1.29, 1.82) is 0 Å². The fourth-order valence-electron chi connectivity index (χ4n) is 7.20. The van der Waals surface area contributed by atoms with Crippen LogP contribution < -0.4 is 9.64 Å². The molecule has 6 rings (SSSR count). The van der Waals surface area contributed by atoms with Crippen LogP contribution in [0.15, 0.2) is 49.1 Å². The highest BCUT2D eigenvalue weighted by Crippen LogP contribution is 2.48. The summed E-state index contributed by atoms with van der Waals surface area (Å²) in [5, 5.41) is 21.4. The number of carbonyl (C=O) groups is 1. The number of hydrogen-bond donors (Lipinski definition) is 2. The summed E-state index contributed by atoms with van der Waals surface area (Å²) in [7, 11) is 0. The van der Waals surface area contributed by atoms with Crippen molar-refractivity contribution in [2.24, 2.45) is 11.8 Å². The molecule has 2 aliphatic heterocycles. The van der Waals surface area contributed by atoms with E-state index < -0.39 is 11.6 Å². The first-order chi connectivity index (χ1) is 18.3. The number of hydrogen-bond acceptors (Lipinski definition) is 5. The number of halogens is 1. The van der Waals surface area contributed by atoms with Crippen LogP contribution in [0.5, 0.6) is 5.75 Å². The van der Waals surface area contributed by atoms with Crippen LogP contribution >= 0.6 is 11.6 Å². The molecule has 4 aliphatic rings. The van der Waals surface area contributed by atoms with E-state index in [0.29, 0.717) is 37.9 Å². The second kappa shape index (κ2) is 9.89. The SMILES string of the molecule is C=C[C@@]1(O)CCO[C@H]([C@@H]2CC[C@H]2CN2C[C@@]3(CCCc4cc(Cl)ccc43)COc3ccc(C(=O)O)cc32)C1. The van der Waals surface area contributed by atoms with Crippen LogP contribution in [0.4, 0.5) is 5.69 Å².